The van der Waals surface area contributed by atoms with Crippen molar-refractivity contribution in [3.05, 3.63) is 29.6 Å². The Hall–Kier alpha value is -2.70. The van der Waals surface area contributed by atoms with E-state index in [0.717, 1.165) is 16.9 Å². The molecule has 0 bridgehead atoms. The quantitative estimate of drug-likeness (QED) is 0.820. The molecule has 0 radical (unpaired) electrons. The van der Waals surface area contributed by atoms with Crippen molar-refractivity contribution in [3.63, 3.8) is 0 Å². The molecule has 1 aromatic heterocycles. The van der Waals surface area contributed by atoms with Gasteiger partial charge in [-0.25, -0.2) is 4.98 Å². The first-order chi connectivity index (χ1) is 11.6. The average molecular weight is 328 g/mol. The van der Waals surface area contributed by atoms with E-state index in [0.29, 0.717) is 31.5 Å². The number of aryl methyl sites for hydroxylation is 1. The maximum atomic E-state index is 12.1. The Morgan fingerprint density at radius 3 is 3.00 bits per heavy atom. The zero-order valence-corrected chi connectivity index (χ0v) is 13.6. The predicted molar refractivity (Wildman–Crippen MR) is 88.7 cm³/mol. The lowest BCUT2D eigenvalue weighted by Crippen LogP contribution is -2.29. The third-order valence-corrected chi connectivity index (χ3v) is 4.16. The molecule has 7 heteroatoms. The number of imidazole rings is 1. The van der Waals surface area contributed by atoms with Gasteiger partial charge in [-0.15, -0.1) is 0 Å². The van der Waals surface area contributed by atoms with Crippen LogP contribution in [0, 0.1) is 0 Å². The molecule has 3 rings (SSSR count). The summed E-state index contributed by atoms with van der Waals surface area (Å²) in [6.45, 7) is 3.01. The van der Waals surface area contributed by atoms with Crippen LogP contribution in [0.2, 0.25) is 0 Å². The third-order valence-electron chi connectivity index (χ3n) is 4.16. The Bertz CT molecular complexity index is 810. The molecule has 7 nitrogen and oxygen atoms in total. The van der Waals surface area contributed by atoms with Gasteiger partial charge in [0, 0.05) is 32.4 Å². The third kappa shape index (κ3) is 3.15. The van der Waals surface area contributed by atoms with E-state index < -0.39 is 0 Å². The van der Waals surface area contributed by atoms with Crippen LogP contribution < -0.4 is 10.6 Å². The molecule has 126 valence electrons. The molecule has 2 amide bonds. The number of rotatable bonds is 6. The van der Waals surface area contributed by atoms with Crippen LogP contribution in [-0.2, 0) is 22.6 Å². The van der Waals surface area contributed by atoms with Gasteiger partial charge in [0.25, 0.3) is 5.91 Å². The van der Waals surface area contributed by atoms with Crippen molar-refractivity contribution in [1.29, 1.82) is 0 Å². The van der Waals surface area contributed by atoms with Crippen LogP contribution in [0.15, 0.2) is 18.2 Å². The largest absolute Gasteiger partial charge is 0.350 e. The minimum Gasteiger partial charge on any atom is -0.350 e. The molecule has 0 fully saturated rings. The molecule has 24 heavy (non-hydrogen) atoms. The average Bonchev–Trinajstić information content (AvgIpc) is 2.85. The molecule has 2 N–H and O–H groups in total. The van der Waals surface area contributed by atoms with Gasteiger partial charge < -0.3 is 15.2 Å². The predicted octanol–water partition coefficient (Wildman–Crippen LogP) is 0.808. The van der Waals surface area contributed by atoms with E-state index in [1.165, 1.54) is 0 Å². The van der Waals surface area contributed by atoms with Crippen molar-refractivity contribution in [2.75, 3.05) is 13.1 Å². The monoisotopic (exact) mass is 328 g/mol. The molecule has 0 unspecified atom stereocenters. The van der Waals surface area contributed by atoms with E-state index in [1.807, 2.05) is 16.7 Å². The van der Waals surface area contributed by atoms with Gasteiger partial charge >= 0.3 is 0 Å². The number of para-hydroxylation sites is 1. The molecule has 0 aliphatic carbocycles. The van der Waals surface area contributed by atoms with Crippen LogP contribution in [0.5, 0.6) is 0 Å². The summed E-state index contributed by atoms with van der Waals surface area (Å²) in [5.74, 6) is 0.531. The van der Waals surface area contributed by atoms with Gasteiger partial charge in [-0.1, -0.05) is 13.0 Å². The highest BCUT2D eigenvalue weighted by Crippen LogP contribution is 2.23. The van der Waals surface area contributed by atoms with Gasteiger partial charge in [-0.05, 0) is 12.1 Å². The molecular formula is C17H20N4O3. The molecule has 1 aliphatic heterocycles. The second kappa shape index (κ2) is 6.82. The van der Waals surface area contributed by atoms with Crippen LogP contribution in [0.4, 0.5) is 0 Å². The molecule has 0 atom stereocenters. The summed E-state index contributed by atoms with van der Waals surface area (Å²) >= 11 is 0. The highest BCUT2D eigenvalue weighted by Gasteiger charge is 2.21. The lowest BCUT2D eigenvalue weighted by atomic mass is 10.2. The standard InChI is InChI=1S/C17H20N4O3/c1-2-11(22)10-19-15(23)7-6-14-20-13-5-3-4-12-16(13)21(14)9-8-18-17(12)24/h3-5H,2,6-10H2,1H3,(H,18,24)(H,19,23). The number of carbonyl (C=O) groups excluding carboxylic acids is 3. The zero-order chi connectivity index (χ0) is 17.1. The summed E-state index contributed by atoms with van der Waals surface area (Å²) in [6, 6.07) is 5.47. The van der Waals surface area contributed by atoms with Crippen molar-refractivity contribution in [3.8, 4) is 0 Å². The number of Topliss-reactive ketones (excluding diaryl/α,β-unsaturated/α-hetero) is 1. The number of hydrogen-bond donors (Lipinski definition) is 2. The Morgan fingerprint density at radius 2 is 2.21 bits per heavy atom. The van der Waals surface area contributed by atoms with Gasteiger partial charge in [0.1, 0.15) is 5.82 Å². The van der Waals surface area contributed by atoms with E-state index in [-0.39, 0.29) is 30.6 Å². The van der Waals surface area contributed by atoms with Crippen molar-refractivity contribution in [1.82, 2.24) is 20.2 Å². The van der Waals surface area contributed by atoms with Crippen LogP contribution in [0.1, 0.15) is 35.9 Å². The van der Waals surface area contributed by atoms with E-state index in [9.17, 15) is 14.4 Å². The Balaban J connectivity index is 1.77. The first-order valence-electron chi connectivity index (χ1n) is 8.15. The molecule has 2 heterocycles. The van der Waals surface area contributed by atoms with Crippen molar-refractivity contribution in [2.24, 2.45) is 0 Å². The lowest BCUT2D eigenvalue weighted by Gasteiger charge is -2.07. The minimum absolute atomic E-state index is 0.00992. The zero-order valence-electron chi connectivity index (χ0n) is 13.6. The topological polar surface area (TPSA) is 93.1 Å². The molecule has 0 saturated carbocycles. The van der Waals surface area contributed by atoms with E-state index in [2.05, 4.69) is 15.6 Å². The number of nitrogens with zero attached hydrogens (tertiary/aromatic N) is 2. The number of aromatic nitrogens is 2. The van der Waals surface area contributed by atoms with Crippen molar-refractivity contribution >= 4 is 28.6 Å². The summed E-state index contributed by atoms with van der Waals surface area (Å²) < 4.78 is 2.01. The summed E-state index contributed by atoms with van der Waals surface area (Å²) in [6.07, 6.45) is 1.14. The second-order valence-corrected chi connectivity index (χ2v) is 5.78. The number of nitrogens with one attached hydrogen (secondary N) is 2. The van der Waals surface area contributed by atoms with Crippen LogP contribution >= 0.6 is 0 Å². The highest BCUT2D eigenvalue weighted by atomic mass is 16.2. The molecule has 0 spiro atoms. The summed E-state index contributed by atoms with van der Waals surface area (Å²) in [5.41, 5.74) is 2.20. The molecule has 1 aliphatic rings. The van der Waals surface area contributed by atoms with Crippen LogP contribution in [0.3, 0.4) is 0 Å². The van der Waals surface area contributed by atoms with E-state index in [4.69, 9.17) is 0 Å². The maximum Gasteiger partial charge on any atom is 0.253 e. The first-order valence-corrected chi connectivity index (χ1v) is 8.15. The lowest BCUT2D eigenvalue weighted by molar-refractivity contribution is -0.125. The second-order valence-electron chi connectivity index (χ2n) is 5.78. The molecule has 2 aromatic rings. The Morgan fingerprint density at radius 1 is 1.38 bits per heavy atom. The van der Waals surface area contributed by atoms with Gasteiger partial charge in [-0.3, -0.25) is 14.4 Å². The number of amides is 2. The first kappa shape index (κ1) is 16.2. The maximum absolute atomic E-state index is 12.1. The summed E-state index contributed by atoms with van der Waals surface area (Å²) in [4.78, 5) is 39.8. The van der Waals surface area contributed by atoms with Crippen LogP contribution in [-0.4, -0.2) is 40.2 Å². The van der Waals surface area contributed by atoms with Crippen molar-refractivity contribution < 1.29 is 14.4 Å². The number of benzene rings is 1. The fraction of sp³-hybridized carbons (Fsp3) is 0.412. The summed E-state index contributed by atoms with van der Waals surface area (Å²) in [7, 11) is 0. The van der Waals surface area contributed by atoms with E-state index in [1.54, 1.807) is 13.0 Å². The van der Waals surface area contributed by atoms with Gasteiger partial charge in [0.2, 0.25) is 5.91 Å². The minimum atomic E-state index is -0.167. The van der Waals surface area contributed by atoms with Gasteiger partial charge in [0.05, 0.1) is 23.1 Å². The molecule has 0 saturated heterocycles. The van der Waals surface area contributed by atoms with Gasteiger partial charge in [-0.2, -0.15) is 0 Å². The highest BCUT2D eigenvalue weighted by molar-refractivity contribution is 6.05. The Kier molecular flexibility index (Phi) is 4.59. The number of hydrogen-bond acceptors (Lipinski definition) is 4. The smallest absolute Gasteiger partial charge is 0.253 e. The number of carbonyl (C=O) groups is 3. The molecular weight excluding hydrogens is 308 g/mol. The SMILES string of the molecule is CCC(=O)CNC(=O)CCc1nc2cccc3c2n1CCNC3=O. The normalized spacial score (nSPS) is 13.5. The van der Waals surface area contributed by atoms with Gasteiger partial charge in [0.15, 0.2) is 5.78 Å². The molecule has 1 aromatic carbocycles. The fourth-order valence-electron chi connectivity index (χ4n) is 2.86. The number of ketones is 1. The summed E-state index contributed by atoms with van der Waals surface area (Å²) in [5, 5.41) is 5.49. The van der Waals surface area contributed by atoms with Crippen molar-refractivity contribution in [2.45, 2.75) is 32.7 Å². The van der Waals surface area contributed by atoms with Crippen LogP contribution in [0.25, 0.3) is 11.0 Å². The van der Waals surface area contributed by atoms with E-state index >= 15 is 0 Å². The fourth-order valence-corrected chi connectivity index (χ4v) is 2.86. The Labute approximate surface area is 139 Å².